The lowest BCUT2D eigenvalue weighted by atomic mass is 10.2. The maximum atomic E-state index is 13.5. The lowest BCUT2D eigenvalue weighted by Crippen LogP contribution is -2.05. The molecule has 0 aliphatic heterocycles. The van der Waals surface area contributed by atoms with E-state index in [1.165, 1.54) is 6.07 Å². The molecule has 0 bridgehead atoms. The quantitative estimate of drug-likeness (QED) is 0.900. The van der Waals surface area contributed by atoms with Gasteiger partial charge >= 0.3 is 0 Å². The second-order valence-electron chi connectivity index (χ2n) is 4.10. The van der Waals surface area contributed by atoms with Crippen LogP contribution in [0, 0.1) is 12.7 Å². The van der Waals surface area contributed by atoms with Gasteiger partial charge < -0.3 is 10.1 Å². The van der Waals surface area contributed by atoms with Gasteiger partial charge in [-0.05, 0) is 43.3 Å². The van der Waals surface area contributed by atoms with Crippen molar-refractivity contribution in [3.8, 4) is 11.5 Å². The van der Waals surface area contributed by atoms with E-state index in [1.54, 1.807) is 24.5 Å². The number of nitrogens with one attached hydrogen (secondary N) is 1. The number of pyridine rings is 1. The lowest BCUT2D eigenvalue weighted by Gasteiger charge is -2.08. The Morgan fingerprint density at radius 3 is 2.89 bits per heavy atom. The molecule has 3 nitrogen and oxygen atoms in total. The molecule has 2 rings (SSSR count). The van der Waals surface area contributed by atoms with Crippen LogP contribution in [-0.2, 0) is 6.54 Å². The highest BCUT2D eigenvalue weighted by atomic mass is 19.1. The molecule has 0 saturated heterocycles. The summed E-state index contributed by atoms with van der Waals surface area (Å²) in [5.41, 5.74) is 1.94. The Morgan fingerprint density at radius 1 is 1.28 bits per heavy atom. The van der Waals surface area contributed by atoms with Crippen molar-refractivity contribution in [1.29, 1.82) is 0 Å². The average Bonchev–Trinajstić information content (AvgIpc) is 2.35. The maximum absolute atomic E-state index is 13.5. The van der Waals surface area contributed by atoms with E-state index >= 15 is 0 Å². The first kappa shape index (κ1) is 12.5. The molecule has 18 heavy (non-hydrogen) atoms. The first-order valence-corrected chi connectivity index (χ1v) is 5.71. The van der Waals surface area contributed by atoms with E-state index in [-0.39, 0.29) is 11.6 Å². The van der Waals surface area contributed by atoms with Crippen molar-refractivity contribution in [3.63, 3.8) is 0 Å². The van der Waals surface area contributed by atoms with Gasteiger partial charge in [-0.1, -0.05) is 6.07 Å². The fourth-order valence-electron chi connectivity index (χ4n) is 1.64. The van der Waals surface area contributed by atoms with Crippen LogP contribution in [0.1, 0.15) is 11.1 Å². The van der Waals surface area contributed by atoms with E-state index in [9.17, 15) is 4.39 Å². The first-order valence-electron chi connectivity index (χ1n) is 5.71. The number of rotatable bonds is 4. The summed E-state index contributed by atoms with van der Waals surface area (Å²) >= 11 is 0. The Labute approximate surface area is 106 Å². The highest BCUT2D eigenvalue weighted by molar-refractivity contribution is 5.34. The molecule has 0 aliphatic carbocycles. The van der Waals surface area contributed by atoms with Gasteiger partial charge in [0, 0.05) is 12.7 Å². The minimum absolute atomic E-state index is 0.221. The van der Waals surface area contributed by atoms with Crippen molar-refractivity contribution >= 4 is 0 Å². The number of aromatic nitrogens is 1. The van der Waals surface area contributed by atoms with Crippen molar-refractivity contribution in [2.75, 3.05) is 7.05 Å². The third kappa shape index (κ3) is 3.05. The summed E-state index contributed by atoms with van der Waals surface area (Å²) in [6.07, 6.45) is 3.32. The van der Waals surface area contributed by atoms with Gasteiger partial charge in [-0.25, -0.2) is 4.39 Å². The van der Waals surface area contributed by atoms with Crippen molar-refractivity contribution in [3.05, 3.63) is 53.6 Å². The van der Waals surface area contributed by atoms with Crippen LogP contribution in [-0.4, -0.2) is 12.0 Å². The predicted octanol–water partition coefficient (Wildman–Crippen LogP) is 3.04. The topological polar surface area (TPSA) is 34.2 Å². The monoisotopic (exact) mass is 246 g/mol. The number of ether oxygens (including phenoxy) is 1. The molecular formula is C14H15FN2O. The maximum Gasteiger partial charge on any atom is 0.165 e. The molecule has 0 saturated carbocycles. The number of benzene rings is 1. The van der Waals surface area contributed by atoms with Gasteiger partial charge in [-0.3, -0.25) is 4.98 Å². The van der Waals surface area contributed by atoms with Crippen LogP contribution < -0.4 is 10.1 Å². The van der Waals surface area contributed by atoms with Crippen molar-refractivity contribution < 1.29 is 9.13 Å². The minimum Gasteiger partial charge on any atom is -0.453 e. The van der Waals surface area contributed by atoms with Crippen molar-refractivity contribution in [2.45, 2.75) is 13.5 Å². The standard InChI is InChI=1S/C14H15FN2O/c1-10-3-4-13(15)14(5-10)18-12-6-11(7-16-2)8-17-9-12/h3-6,8-9,16H,7H2,1-2H3. The van der Waals surface area contributed by atoms with E-state index in [0.717, 1.165) is 11.1 Å². The Bertz CT molecular complexity index is 543. The van der Waals surface area contributed by atoms with Crippen molar-refractivity contribution in [1.82, 2.24) is 10.3 Å². The highest BCUT2D eigenvalue weighted by Crippen LogP contribution is 2.25. The van der Waals surface area contributed by atoms with E-state index in [2.05, 4.69) is 10.3 Å². The number of hydrogen-bond donors (Lipinski definition) is 1. The molecule has 0 atom stereocenters. The first-order chi connectivity index (χ1) is 8.69. The largest absolute Gasteiger partial charge is 0.453 e. The van der Waals surface area contributed by atoms with Gasteiger partial charge in [0.2, 0.25) is 0 Å². The number of aryl methyl sites for hydroxylation is 1. The summed E-state index contributed by atoms with van der Waals surface area (Å²) in [5.74, 6) is 0.380. The molecule has 1 heterocycles. The summed E-state index contributed by atoms with van der Waals surface area (Å²) in [6, 6.07) is 6.61. The Balaban J connectivity index is 2.22. The number of nitrogens with zero attached hydrogens (tertiary/aromatic N) is 1. The van der Waals surface area contributed by atoms with Crippen LogP contribution in [0.4, 0.5) is 4.39 Å². The van der Waals surface area contributed by atoms with Gasteiger partial charge in [-0.15, -0.1) is 0 Å². The second kappa shape index (κ2) is 5.60. The molecule has 0 amide bonds. The number of hydrogen-bond acceptors (Lipinski definition) is 3. The van der Waals surface area contributed by atoms with Crippen LogP contribution in [0.2, 0.25) is 0 Å². The van der Waals surface area contributed by atoms with Crippen LogP contribution in [0.25, 0.3) is 0 Å². The summed E-state index contributed by atoms with van der Waals surface area (Å²) < 4.78 is 19.1. The molecule has 0 fully saturated rings. The zero-order chi connectivity index (χ0) is 13.0. The van der Waals surface area contributed by atoms with Gasteiger partial charge in [0.05, 0.1) is 6.20 Å². The second-order valence-corrected chi connectivity index (χ2v) is 4.10. The average molecular weight is 246 g/mol. The molecule has 0 unspecified atom stereocenters. The van der Waals surface area contributed by atoms with Crippen LogP contribution in [0.5, 0.6) is 11.5 Å². The fraction of sp³-hybridized carbons (Fsp3) is 0.214. The van der Waals surface area contributed by atoms with Crippen LogP contribution in [0.15, 0.2) is 36.7 Å². The molecule has 0 spiro atoms. The summed E-state index contributed by atoms with van der Waals surface area (Å²) in [4.78, 5) is 4.06. The third-order valence-electron chi connectivity index (χ3n) is 2.47. The fourth-order valence-corrected chi connectivity index (χ4v) is 1.64. The highest BCUT2D eigenvalue weighted by Gasteiger charge is 2.05. The van der Waals surface area contributed by atoms with E-state index in [0.29, 0.717) is 12.3 Å². The van der Waals surface area contributed by atoms with Crippen LogP contribution in [0.3, 0.4) is 0 Å². The third-order valence-corrected chi connectivity index (χ3v) is 2.47. The van der Waals surface area contributed by atoms with E-state index in [1.807, 2.05) is 20.0 Å². The molecule has 94 valence electrons. The zero-order valence-corrected chi connectivity index (χ0v) is 10.4. The smallest absolute Gasteiger partial charge is 0.165 e. The van der Waals surface area contributed by atoms with E-state index < -0.39 is 0 Å². The zero-order valence-electron chi connectivity index (χ0n) is 10.4. The van der Waals surface area contributed by atoms with Crippen LogP contribution >= 0.6 is 0 Å². The summed E-state index contributed by atoms with van der Waals surface area (Å²) in [7, 11) is 1.85. The SMILES string of the molecule is CNCc1cncc(Oc2cc(C)ccc2F)c1. The Kier molecular flexibility index (Phi) is 3.89. The molecule has 1 aromatic heterocycles. The normalized spacial score (nSPS) is 10.4. The minimum atomic E-state index is -0.375. The molecule has 1 aromatic carbocycles. The molecule has 0 radical (unpaired) electrons. The molecular weight excluding hydrogens is 231 g/mol. The number of halogens is 1. The Hall–Kier alpha value is -1.94. The Morgan fingerprint density at radius 2 is 2.11 bits per heavy atom. The molecule has 1 N–H and O–H groups in total. The van der Waals surface area contributed by atoms with Gasteiger partial charge in [-0.2, -0.15) is 0 Å². The summed E-state index contributed by atoms with van der Waals surface area (Å²) in [6.45, 7) is 2.59. The molecule has 0 aliphatic rings. The van der Waals surface area contributed by atoms with Crippen molar-refractivity contribution in [2.24, 2.45) is 0 Å². The summed E-state index contributed by atoms with van der Waals surface area (Å²) in [5, 5.41) is 3.03. The van der Waals surface area contributed by atoms with E-state index in [4.69, 9.17) is 4.74 Å². The molecule has 4 heteroatoms. The predicted molar refractivity (Wildman–Crippen MR) is 68.2 cm³/mol. The van der Waals surface area contributed by atoms with Gasteiger partial charge in [0.1, 0.15) is 5.75 Å². The van der Waals surface area contributed by atoms with Gasteiger partial charge in [0.25, 0.3) is 0 Å². The molecule has 2 aromatic rings. The van der Waals surface area contributed by atoms with Gasteiger partial charge in [0.15, 0.2) is 11.6 Å². The lowest BCUT2D eigenvalue weighted by molar-refractivity contribution is 0.439.